The van der Waals surface area contributed by atoms with Gasteiger partial charge in [0.25, 0.3) is 0 Å². The molecule has 0 aromatic carbocycles. The summed E-state index contributed by atoms with van der Waals surface area (Å²) in [6.07, 6.45) is 5.15. The summed E-state index contributed by atoms with van der Waals surface area (Å²) in [6.45, 7) is 4.75. The van der Waals surface area contributed by atoms with Crippen molar-refractivity contribution in [2.24, 2.45) is 11.7 Å². The molecule has 0 spiro atoms. The maximum atomic E-state index is 12.8. The van der Waals surface area contributed by atoms with E-state index < -0.39 is 27.2 Å². The van der Waals surface area contributed by atoms with E-state index in [1.165, 1.54) is 28.3 Å². The molecule has 0 bridgehead atoms. The van der Waals surface area contributed by atoms with Gasteiger partial charge in [0.2, 0.25) is 15.9 Å². The predicted molar refractivity (Wildman–Crippen MR) is 104 cm³/mol. The molecule has 8 nitrogen and oxygen atoms in total. The van der Waals surface area contributed by atoms with Crippen molar-refractivity contribution < 1.29 is 18.0 Å². The minimum atomic E-state index is -3.56. The molecule has 1 aliphatic heterocycles. The monoisotopic (exact) mass is 414 g/mol. The summed E-state index contributed by atoms with van der Waals surface area (Å²) < 4.78 is 27.1. The second kappa shape index (κ2) is 9.52. The van der Waals surface area contributed by atoms with Gasteiger partial charge < -0.3 is 5.73 Å². The van der Waals surface area contributed by atoms with Crippen LogP contribution in [0.4, 0.5) is 4.79 Å². The van der Waals surface area contributed by atoms with Crippen LogP contribution in [0.5, 0.6) is 0 Å². The zero-order chi connectivity index (χ0) is 20.0. The Morgan fingerprint density at radius 1 is 1.19 bits per heavy atom. The van der Waals surface area contributed by atoms with Crippen molar-refractivity contribution in [3.8, 4) is 0 Å². The molecule has 1 fully saturated rings. The highest BCUT2D eigenvalue weighted by atomic mass is 32.2. The quantitative estimate of drug-likeness (QED) is 0.686. The topological polar surface area (TPSA) is 122 Å². The summed E-state index contributed by atoms with van der Waals surface area (Å²) in [6, 6.07) is 2.19. The van der Waals surface area contributed by atoms with E-state index in [0.717, 1.165) is 25.7 Å². The summed E-state index contributed by atoms with van der Waals surface area (Å²) in [4.78, 5) is 27.4. The first-order valence-corrected chi connectivity index (χ1v) is 11.3. The lowest BCUT2D eigenvalue weighted by Gasteiger charge is -2.20. The fraction of sp³-hybridized carbons (Fsp3) is 0.588. The van der Waals surface area contributed by atoms with Gasteiger partial charge in [0.15, 0.2) is 0 Å². The van der Waals surface area contributed by atoms with E-state index in [0.29, 0.717) is 18.1 Å². The smallest absolute Gasteiger partial charge is 0.318 e. The van der Waals surface area contributed by atoms with Crippen molar-refractivity contribution in [3.63, 3.8) is 0 Å². The van der Waals surface area contributed by atoms with Gasteiger partial charge in [-0.05, 0) is 30.9 Å². The number of primary amides is 1. The van der Waals surface area contributed by atoms with Gasteiger partial charge in [0.1, 0.15) is 4.90 Å². The van der Waals surface area contributed by atoms with Crippen LogP contribution in [0, 0.1) is 5.92 Å². The molecule has 1 aromatic rings. The second-order valence-corrected chi connectivity index (χ2v) is 9.89. The van der Waals surface area contributed by atoms with E-state index in [2.05, 4.69) is 10.3 Å². The molecule has 2 rings (SSSR count). The van der Waals surface area contributed by atoms with Crippen molar-refractivity contribution in [1.82, 2.24) is 14.6 Å². The number of hydrogen-bond acceptors (Lipinski definition) is 6. The number of pyridine rings is 1. The fourth-order valence-electron chi connectivity index (χ4n) is 2.84. The molecule has 1 aromatic heterocycles. The van der Waals surface area contributed by atoms with Crippen molar-refractivity contribution in [3.05, 3.63) is 18.3 Å². The number of amides is 3. The number of aromatic nitrogens is 1. The number of nitrogens with two attached hydrogens (primary N) is 1. The normalized spacial score (nSPS) is 17.3. The molecular formula is C17H26N4O4S2. The van der Waals surface area contributed by atoms with Crippen LogP contribution in [0.1, 0.15) is 39.5 Å². The number of carbonyl (C=O) groups excluding carboxylic acids is 2. The maximum absolute atomic E-state index is 12.8. The highest BCUT2D eigenvalue weighted by Crippen LogP contribution is 2.28. The van der Waals surface area contributed by atoms with Crippen LogP contribution < -0.4 is 11.1 Å². The van der Waals surface area contributed by atoms with Crippen LogP contribution in [0.25, 0.3) is 0 Å². The van der Waals surface area contributed by atoms with Gasteiger partial charge in [-0.25, -0.2) is 18.2 Å². The second-order valence-electron chi connectivity index (χ2n) is 6.79. The Bertz CT molecular complexity index is 758. The highest BCUT2D eigenvalue weighted by Gasteiger charge is 2.27. The lowest BCUT2D eigenvalue weighted by atomic mass is 10.1. The predicted octanol–water partition coefficient (Wildman–Crippen LogP) is 1.96. The third-order valence-electron chi connectivity index (χ3n) is 4.27. The van der Waals surface area contributed by atoms with Gasteiger partial charge in [-0.2, -0.15) is 4.31 Å². The largest absolute Gasteiger partial charge is 0.351 e. The van der Waals surface area contributed by atoms with E-state index in [1.54, 1.807) is 6.07 Å². The van der Waals surface area contributed by atoms with E-state index in [9.17, 15) is 18.0 Å². The lowest BCUT2D eigenvalue weighted by molar-refractivity contribution is -0.120. The van der Waals surface area contributed by atoms with Crippen LogP contribution in [0.2, 0.25) is 0 Å². The lowest BCUT2D eigenvalue weighted by Crippen LogP contribution is -2.42. The molecular weight excluding hydrogens is 388 g/mol. The molecule has 0 radical (unpaired) electrons. The summed E-state index contributed by atoms with van der Waals surface area (Å²) in [7, 11) is -3.56. The Morgan fingerprint density at radius 2 is 1.81 bits per heavy atom. The number of nitrogens with one attached hydrogen (secondary N) is 1. The molecule has 1 atom stereocenters. The summed E-state index contributed by atoms with van der Waals surface area (Å²) in [5, 5.41) is 2.01. The SMILES string of the molecule is CC(C)[C@H](Sc1ccc(S(=O)(=O)N2CCCCCC2)cn1)C(=O)NC(N)=O. The zero-order valence-corrected chi connectivity index (χ0v) is 17.2. The first-order valence-electron chi connectivity index (χ1n) is 8.95. The van der Waals surface area contributed by atoms with Gasteiger partial charge in [0.05, 0.1) is 10.3 Å². The van der Waals surface area contributed by atoms with Gasteiger partial charge in [-0.1, -0.05) is 38.5 Å². The number of thioether (sulfide) groups is 1. The molecule has 27 heavy (non-hydrogen) atoms. The van der Waals surface area contributed by atoms with Gasteiger partial charge in [-0.15, -0.1) is 0 Å². The van der Waals surface area contributed by atoms with Crippen molar-refractivity contribution >= 4 is 33.7 Å². The zero-order valence-electron chi connectivity index (χ0n) is 15.6. The number of sulfonamides is 1. The summed E-state index contributed by atoms with van der Waals surface area (Å²) in [5.41, 5.74) is 5.01. The Kier molecular flexibility index (Phi) is 7.63. The number of nitrogens with zero attached hydrogens (tertiary/aromatic N) is 2. The average molecular weight is 415 g/mol. The molecule has 10 heteroatoms. The molecule has 150 valence electrons. The first kappa shape index (κ1) is 21.6. The first-order chi connectivity index (χ1) is 12.7. The molecule has 1 saturated heterocycles. The molecule has 3 N–H and O–H groups in total. The number of imide groups is 1. The fourth-order valence-corrected chi connectivity index (χ4v) is 5.26. The Morgan fingerprint density at radius 3 is 2.30 bits per heavy atom. The van der Waals surface area contributed by atoms with Gasteiger partial charge in [-0.3, -0.25) is 10.1 Å². The van der Waals surface area contributed by atoms with E-state index >= 15 is 0 Å². The van der Waals surface area contributed by atoms with Crippen LogP contribution in [0.15, 0.2) is 28.3 Å². The molecule has 0 saturated carbocycles. The minimum Gasteiger partial charge on any atom is -0.351 e. The highest BCUT2D eigenvalue weighted by molar-refractivity contribution is 8.00. The van der Waals surface area contributed by atoms with E-state index in [1.807, 2.05) is 13.8 Å². The molecule has 2 heterocycles. The van der Waals surface area contributed by atoms with Crippen molar-refractivity contribution in [1.29, 1.82) is 0 Å². The molecule has 3 amide bonds. The third-order valence-corrected chi connectivity index (χ3v) is 7.65. The Labute approximate surface area is 164 Å². The van der Waals surface area contributed by atoms with Gasteiger partial charge in [0, 0.05) is 19.3 Å². The van der Waals surface area contributed by atoms with Crippen LogP contribution in [-0.2, 0) is 14.8 Å². The minimum absolute atomic E-state index is 0.0725. The van der Waals surface area contributed by atoms with Crippen LogP contribution in [0.3, 0.4) is 0 Å². The Hall–Kier alpha value is -1.65. The number of urea groups is 1. The van der Waals surface area contributed by atoms with Gasteiger partial charge >= 0.3 is 6.03 Å². The van der Waals surface area contributed by atoms with Crippen molar-refractivity contribution in [2.75, 3.05) is 13.1 Å². The molecule has 0 unspecified atom stereocenters. The number of hydrogen-bond donors (Lipinski definition) is 2. The standard InChI is InChI=1S/C17H26N4O4S2/c1-12(2)15(16(22)20-17(18)23)26-14-8-7-13(11-19-14)27(24,25)21-9-5-3-4-6-10-21/h7-8,11-12,15H,3-6,9-10H2,1-2H3,(H3,18,20,22,23)/t15-/m0/s1. The average Bonchev–Trinajstić information content (AvgIpc) is 2.89. The third kappa shape index (κ3) is 5.91. The number of rotatable bonds is 6. The molecule has 1 aliphatic rings. The van der Waals surface area contributed by atoms with Crippen LogP contribution >= 0.6 is 11.8 Å². The Balaban J connectivity index is 2.13. The van der Waals surface area contributed by atoms with Crippen LogP contribution in [-0.4, -0.2) is 48.0 Å². The van der Waals surface area contributed by atoms with Crippen molar-refractivity contribution in [2.45, 2.75) is 54.7 Å². The van der Waals surface area contributed by atoms with E-state index in [-0.39, 0.29) is 10.8 Å². The number of carbonyl (C=O) groups is 2. The summed E-state index contributed by atoms with van der Waals surface area (Å²) >= 11 is 1.17. The molecule has 0 aliphatic carbocycles. The summed E-state index contributed by atoms with van der Waals surface area (Å²) in [5.74, 6) is -0.567. The maximum Gasteiger partial charge on any atom is 0.318 e. The van der Waals surface area contributed by atoms with E-state index in [4.69, 9.17) is 5.73 Å².